The topological polar surface area (TPSA) is 132 Å². The van der Waals surface area contributed by atoms with Crippen molar-refractivity contribution in [1.29, 1.82) is 0 Å². The molecule has 9 nitrogen and oxygen atoms in total. The minimum Gasteiger partial charge on any atom is -0.374 e. The Bertz CT molecular complexity index is 912. The first kappa shape index (κ1) is 17.9. The highest BCUT2D eigenvalue weighted by atomic mass is 32.1. The number of aromatic nitrogens is 6. The SMILES string of the molecule is Nc1nnc(CC2CC[C@H](c3nnc(NC(=O)Cc4ccncn4)s3)C2)s1. The second kappa shape index (κ2) is 8.01. The molecule has 0 spiro atoms. The summed E-state index contributed by atoms with van der Waals surface area (Å²) >= 11 is 2.91. The molecular formula is C16H18N8OS2. The van der Waals surface area contributed by atoms with Gasteiger partial charge in [-0.25, -0.2) is 9.97 Å². The number of nitrogens with one attached hydrogen (secondary N) is 1. The Balaban J connectivity index is 1.31. The molecule has 3 heterocycles. The summed E-state index contributed by atoms with van der Waals surface area (Å²) in [6.45, 7) is 0. The van der Waals surface area contributed by atoms with Gasteiger partial charge in [0.25, 0.3) is 0 Å². The predicted octanol–water partition coefficient (Wildman–Crippen LogP) is 2.07. The summed E-state index contributed by atoms with van der Waals surface area (Å²) in [6.07, 6.45) is 7.38. The van der Waals surface area contributed by atoms with Crippen LogP contribution in [0.5, 0.6) is 0 Å². The first-order chi connectivity index (χ1) is 13.2. The lowest BCUT2D eigenvalue weighted by molar-refractivity contribution is -0.115. The van der Waals surface area contributed by atoms with Gasteiger partial charge in [-0.05, 0) is 31.2 Å². The van der Waals surface area contributed by atoms with Crippen molar-refractivity contribution < 1.29 is 4.79 Å². The maximum atomic E-state index is 12.1. The molecule has 0 bridgehead atoms. The van der Waals surface area contributed by atoms with E-state index >= 15 is 0 Å². The van der Waals surface area contributed by atoms with Gasteiger partial charge in [0.05, 0.1) is 12.1 Å². The van der Waals surface area contributed by atoms with Gasteiger partial charge in [0, 0.05) is 18.5 Å². The number of carbonyl (C=O) groups is 1. The molecule has 0 aliphatic heterocycles. The molecule has 1 unspecified atom stereocenters. The highest BCUT2D eigenvalue weighted by molar-refractivity contribution is 7.15. The van der Waals surface area contributed by atoms with Crippen LogP contribution in [0.1, 0.15) is 40.9 Å². The molecule has 2 atom stereocenters. The second-order valence-electron chi connectivity index (χ2n) is 6.49. The van der Waals surface area contributed by atoms with Crippen LogP contribution < -0.4 is 11.1 Å². The zero-order valence-electron chi connectivity index (χ0n) is 14.4. The van der Waals surface area contributed by atoms with E-state index in [1.807, 2.05) is 0 Å². The van der Waals surface area contributed by atoms with Gasteiger partial charge in [0.2, 0.25) is 16.2 Å². The van der Waals surface area contributed by atoms with Crippen LogP contribution in [-0.2, 0) is 17.6 Å². The summed E-state index contributed by atoms with van der Waals surface area (Å²) in [5, 5.41) is 22.2. The van der Waals surface area contributed by atoms with E-state index in [4.69, 9.17) is 5.73 Å². The number of rotatable bonds is 6. The van der Waals surface area contributed by atoms with Crippen molar-refractivity contribution >= 4 is 38.8 Å². The Morgan fingerprint density at radius 1 is 1.22 bits per heavy atom. The number of hydrogen-bond acceptors (Lipinski definition) is 10. The molecule has 1 saturated carbocycles. The van der Waals surface area contributed by atoms with Crippen molar-refractivity contribution in [3.63, 3.8) is 0 Å². The molecule has 11 heteroatoms. The summed E-state index contributed by atoms with van der Waals surface area (Å²) in [4.78, 5) is 20.0. The Labute approximate surface area is 163 Å². The molecule has 3 aromatic heterocycles. The number of amides is 1. The average Bonchev–Trinajstić information content (AvgIpc) is 3.38. The molecule has 0 saturated heterocycles. The van der Waals surface area contributed by atoms with Gasteiger partial charge in [-0.15, -0.1) is 20.4 Å². The van der Waals surface area contributed by atoms with E-state index in [0.717, 1.165) is 35.7 Å². The van der Waals surface area contributed by atoms with Gasteiger partial charge < -0.3 is 11.1 Å². The Hall–Kier alpha value is -2.53. The van der Waals surface area contributed by atoms with Crippen molar-refractivity contribution in [1.82, 2.24) is 30.4 Å². The lowest BCUT2D eigenvalue weighted by Gasteiger charge is -2.06. The highest BCUT2D eigenvalue weighted by Gasteiger charge is 2.29. The van der Waals surface area contributed by atoms with E-state index in [1.165, 1.54) is 29.0 Å². The number of nitrogens with zero attached hydrogens (tertiary/aromatic N) is 6. The van der Waals surface area contributed by atoms with Gasteiger partial charge in [-0.1, -0.05) is 22.7 Å². The van der Waals surface area contributed by atoms with Crippen molar-refractivity contribution in [2.24, 2.45) is 5.92 Å². The monoisotopic (exact) mass is 402 g/mol. The summed E-state index contributed by atoms with van der Waals surface area (Å²) in [5.41, 5.74) is 6.32. The van der Waals surface area contributed by atoms with E-state index in [2.05, 4.69) is 35.7 Å². The highest BCUT2D eigenvalue weighted by Crippen LogP contribution is 2.41. The third-order valence-corrected chi connectivity index (χ3v) is 6.28. The molecule has 4 rings (SSSR count). The third kappa shape index (κ3) is 4.61. The molecule has 140 valence electrons. The van der Waals surface area contributed by atoms with Crippen LogP contribution in [0, 0.1) is 5.92 Å². The van der Waals surface area contributed by atoms with Gasteiger partial charge >= 0.3 is 0 Å². The Morgan fingerprint density at radius 2 is 2.15 bits per heavy atom. The van der Waals surface area contributed by atoms with Crippen LogP contribution in [0.25, 0.3) is 0 Å². The first-order valence-corrected chi connectivity index (χ1v) is 10.2. The zero-order chi connectivity index (χ0) is 18.6. The third-order valence-electron chi connectivity index (χ3n) is 4.51. The van der Waals surface area contributed by atoms with E-state index in [1.54, 1.807) is 12.3 Å². The summed E-state index contributed by atoms with van der Waals surface area (Å²) < 4.78 is 0. The number of anilines is 2. The fraction of sp³-hybridized carbons (Fsp3) is 0.438. The molecule has 3 N–H and O–H groups in total. The van der Waals surface area contributed by atoms with E-state index in [0.29, 0.717) is 27.8 Å². The van der Waals surface area contributed by atoms with E-state index < -0.39 is 0 Å². The fourth-order valence-electron chi connectivity index (χ4n) is 3.28. The quantitative estimate of drug-likeness (QED) is 0.640. The lowest BCUT2D eigenvalue weighted by Crippen LogP contribution is -2.15. The van der Waals surface area contributed by atoms with Crippen LogP contribution in [0.3, 0.4) is 0 Å². The summed E-state index contributed by atoms with van der Waals surface area (Å²) in [6, 6.07) is 1.72. The van der Waals surface area contributed by atoms with Crippen molar-refractivity contribution in [3.05, 3.63) is 34.3 Å². The predicted molar refractivity (Wildman–Crippen MR) is 102 cm³/mol. The van der Waals surface area contributed by atoms with Gasteiger partial charge in [-0.3, -0.25) is 4.79 Å². The number of nitrogen functional groups attached to an aromatic ring is 1. The van der Waals surface area contributed by atoms with Crippen LogP contribution in [0.2, 0.25) is 0 Å². The molecule has 27 heavy (non-hydrogen) atoms. The summed E-state index contributed by atoms with van der Waals surface area (Å²) in [5.74, 6) is 0.780. The Kier molecular flexibility index (Phi) is 5.30. The number of carbonyl (C=O) groups excluding carboxylic acids is 1. The van der Waals surface area contributed by atoms with Gasteiger partial charge in [0.15, 0.2) is 0 Å². The molecule has 3 aromatic rings. The molecule has 0 aromatic carbocycles. The average molecular weight is 403 g/mol. The number of hydrogen-bond donors (Lipinski definition) is 2. The van der Waals surface area contributed by atoms with Crippen molar-refractivity contribution in [2.75, 3.05) is 11.1 Å². The van der Waals surface area contributed by atoms with Crippen LogP contribution in [0.15, 0.2) is 18.6 Å². The smallest absolute Gasteiger partial charge is 0.232 e. The minimum atomic E-state index is -0.158. The van der Waals surface area contributed by atoms with Crippen molar-refractivity contribution in [2.45, 2.75) is 38.0 Å². The van der Waals surface area contributed by atoms with Crippen LogP contribution in [0.4, 0.5) is 10.3 Å². The fourth-order valence-corrected chi connectivity index (χ4v) is 4.91. The molecule has 1 aliphatic carbocycles. The minimum absolute atomic E-state index is 0.158. The van der Waals surface area contributed by atoms with Crippen LogP contribution >= 0.6 is 22.7 Å². The number of nitrogens with two attached hydrogens (primary N) is 1. The molecule has 0 radical (unpaired) electrons. The van der Waals surface area contributed by atoms with Crippen molar-refractivity contribution in [3.8, 4) is 0 Å². The van der Waals surface area contributed by atoms with E-state index in [9.17, 15) is 4.79 Å². The van der Waals surface area contributed by atoms with Gasteiger partial charge in [0.1, 0.15) is 16.3 Å². The summed E-state index contributed by atoms with van der Waals surface area (Å²) in [7, 11) is 0. The maximum Gasteiger partial charge on any atom is 0.232 e. The second-order valence-corrected chi connectivity index (χ2v) is 8.59. The van der Waals surface area contributed by atoms with Gasteiger partial charge in [-0.2, -0.15) is 0 Å². The molecule has 1 amide bonds. The largest absolute Gasteiger partial charge is 0.374 e. The molecular weight excluding hydrogens is 384 g/mol. The Morgan fingerprint density at radius 3 is 2.93 bits per heavy atom. The normalized spacial score (nSPS) is 19.3. The molecule has 1 aliphatic rings. The molecule has 1 fully saturated rings. The van der Waals surface area contributed by atoms with E-state index in [-0.39, 0.29) is 12.3 Å². The standard InChI is InChI=1S/C16H18N8OS2/c17-15-23-21-13(26-15)6-9-1-2-10(5-9)14-22-24-16(27-14)20-12(25)7-11-3-4-18-8-19-11/h3-4,8-10H,1-2,5-7H2,(H2,17,23)(H,20,24,25)/t9?,10-/m0/s1. The first-order valence-electron chi connectivity index (χ1n) is 8.61. The van der Waals surface area contributed by atoms with Crippen LogP contribution in [-0.4, -0.2) is 36.3 Å². The maximum absolute atomic E-state index is 12.1. The zero-order valence-corrected chi connectivity index (χ0v) is 16.0. The lowest BCUT2D eigenvalue weighted by atomic mass is 10.0.